The van der Waals surface area contributed by atoms with Crippen LogP contribution in [0.3, 0.4) is 0 Å². The van der Waals surface area contributed by atoms with E-state index >= 15 is 0 Å². The second-order valence-electron chi connectivity index (χ2n) is 7.34. The molecule has 1 heterocycles. The molecular formula is C24H26N2. The molecule has 0 radical (unpaired) electrons. The van der Waals surface area contributed by atoms with E-state index < -0.39 is 0 Å². The number of hydrogen-bond donors (Lipinski definition) is 0. The second-order valence-corrected chi connectivity index (χ2v) is 7.34. The number of anilines is 4. The molecule has 3 aromatic carbocycles. The summed E-state index contributed by atoms with van der Waals surface area (Å²) in [7, 11) is 0. The van der Waals surface area contributed by atoms with E-state index in [4.69, 9.17) is 0 Å². The average Bonchev–Trinajstić information content (AvgIpc) is 2.94. The Morgan fingerprint density at radius 3 is 1.92 bits per heavy atom. The molecule has 4 rings (SSSR count). The summed E-state index contributed by atoms with van der Waals surface area (Å²) in [6.45, 7) is 9.08. The number of rotatable bonds is 3. The minimum atomic E-state index is 0.218. The van der Waals surface area contributed by atoms with Crippen molar-refractivity contribution in [2.75, 3.05) is 9.80 Å². The SMILES string of the molecule is Cc1c(C(C)C)cccc1N1c2ccccc2N(c2ccccc2)[C@H]1C. The van der Waals surface area contributed by atoms with Crippen LogP contribution >= 0.6 is 0 Å². The lowest BCUT2D eigenvalue weighted by Gasteiger charge is -2.32. The quantitative estimate of drug-likeness (QED) is 0.519. The van der Waals surface area contributed by atoms with Crippen LogP contribution < -0.4 is 9.80 Å². The molecular weight excluding hydrogens is 316 g/mol. The minimum Gasteiger partial charge on any atom is -0.319 e. The molecule has 0 amide bonds. The van der Waals surface area contributed by atoms with Crippen molar-refractivity contribution in [3.8, 4) is 0 Å². The lowest BCUT2D eigenvalue weighted by molar-refractivity contribution is 0.756. The van der Waals surface area contributed by atoms with Gasteiger partial charge in [-0.25, -0.2) is 0 Å². The van der Waals surface area contributed by atoms with Gasteiger partial charge >= 0.3 is 0 Å². The zero-order valence-corrected chi connectivity index (χ0v) is 16.0. The number of hydrogen-bond acceptors (Lipinski definition) is 2. The topological polar surface area (TPSA) is 6.48 Å². The fourth-order valence-electron chi connectivity index (χ4n) is 4.19. The van der Waals surface area contributed by atoms with E-state index in [2.05, 4.69) is 110 Å². The maximum Gasteiger partial charge on any atom is 0.108 e. The van der Waals surface area contributed by atoms with Crippen molar-refractivity contribution in [1.29, 1.82) is 0 Å². The van der Waals surface area contributed by atoms with E-state index in [1.807, 2.05) is 0 Å². The molecule has 0 saturated heterocycles. The van der Waals surface area contributed by atoms with Crippen LogP contribution in [-0.2, 0) is 0 Å². The van der Waals surface area contributed by atoms with Gasteiger partial charge in [-0.3, -0.25) is 0 Å². The molecule has 26 heavy (non-hydrogen) atoms. The van der Waals surface area contributed by atoms with Crippen molar-refractivity contribution < 1.29 is 0 Å². The molecule has 0 bridgehead atoms. The summed E-state index contributed by atoms with van der Waals surface area (Å²) >= 11 is 0. The lowest BCUT2D eigenvalue weighted by atomic mass is 9.96. The molecule has 0 spiro atoms. The van der Waals surface area contributed by atoms with Gasteiger partial charge in [-0.2, -0.15) is 0 Å². The van der Waals surface area contributed by atoms with Crippen molar-refractivity contribution in [1.82, 2.24) is 0 Å². The molecule has 1 atom stereocenters. The summed E-state index contributed by atoms with van der Waals surface area (Å²) in [5, 5.41) is 0. The third kappa shape index (κ3) is 2.57. The van der Waals surface area contributed by atoms with Crippen LogP contribution in [0.2, 0.25) is 0 Å². The van der Waals surface area contributed by atoms with Gasteiger partial charge in [0.05, 0.1) is 11.4 Å². The predicted octanol–water partition coefficient (Wildman–Crippen LogP) is 6.75. The molecule has 0 unspecified atom stereocenters. The van der Waals surface area contributed by atoms with Gasteiger partial charge in [0.15, 0.2) is 0 Å². The molecule has 3 aromatic rings. The Morgan fingerprint density at radius 1 is 0.692 bits per heavy atom. The normalized spacial score (nSPS) is 16.3. The Labute approximate surface area is 156 Å². The van der Waals surface area contributed by atoms with E-state index in [-0.39, 0.29) is 6.17 Å². The van der Waals surface area contributed by atoms with Gasteiger partial charge in [0.2, 0.25) is 0 Å². The monoisotopic (exact) mass is 342 g/mol. The Balaban J connectivity index is 1.88. The zero-order valence-electron chi connectivity index (χ0n) is 16.0. The highest BCUT2D eigenvalue weighted by Crippen LogP contribution is 2.48. The van der Waals surface area contributed by atoms with E-state index in [0.717, 1.165) is 0 Å². The summed E-state index contributed by atoms with van der Waals surface area (Å²) in [4.78, 5) is 4.90. The highest BCUT2D eigenvalue weighted by Gasteiger charge is 2.35. The summed E-state index contributed by atoms with van der Waals surface area (Å²) in [5.41, 5.74) is 7.86. The first kappa shape index (κ1) is 16.7. The predicted molar refractivity (Wildman–Crippen MR) is 112 cm³/mol. The first-order valence-corrected chi connectivity index (χ1v) is 9.41. The molecule has 2 nitrogen and oxygen atoms in total. The van der Waals surface area contributed by atoms with Gasteiger partial charge in [0.25, 0.3) is 0 Å². The average molecular weight is 342 g/mol. The van der Waals surface area contributed by atoms with Crippen molar-refractivity contribution >= 4 is 22.7 Å². The van der Waals surface area contributed by atoms with Crippen LogP contribution in [0, 0.1) is 6.92 Å². The van der Waals surface area contributed by atoms with E-state index in [0.29, 0.717) is 5.92 Å². The van der Waals surface area contributed by atoms with Gasteiger partial charge < -0.3 is 9.80 Å². The lowest BCUT2D eigenvalue weighted by Crippen LogP contribution is -2.35. The fourth-order valence-corrected chi connectivity index (χ4v) is 4.19. The number of para-hydroxylation sites is 3. The molecule has 0 fully saturated rings. The van der Waals surface area contributed by atoms with Crippen LogP contribution in [0.5, 0.6) is 0 Å². The summed E-state index contributed by atoms with van der Waals surface area (Å²) in [6.07, 6.45) is 0.218. The molecule has 0 saturated carbocycles. The third-order valence-electron chi connectivity index (χ3n) is 5.41. The van der Waals surface area contributed by atoms with Crippen molar-refractivity contribution in [3.05, 3.63) is 83.9 Å². The number of fused-ring (bicyclic) bond motifs is 1. The standard InChI is InChI=1S/C24H26N2/c1-17(2)21-13-10-16-22(18(21)3)26-19(4)25(20-11-6-5-7-12-20)23-14-8-9-15-24(23)26/h5-17,19H,1-4H3/t19-/m1/s1. The third-order valence-corrected chi connectivity index (χ3v) is 5.41. The molecule has 1 aliphatic heterocycles. The Hall–Kier alpha value is -2.74. The molecule has 1 aliphatic rings. The van der Waals surface area contributed by atoms with Crippen molar-refractivity contribution in [2.45, 2.75) is 39.8 Å². The van der Waals surface area contributed by atoms with E-state index in [1.165, 1.54) is 33.9 Å². The molecule has 2 heteroatoms. The number of benzene rings is 3. The van der Waals surface area contributed by atoms with Crippen LogP contribution in [0.1, 0.15) is 37.8 Å². The van der Waals surface area contributed by atoms with Gasteiger partial charge in [0, 0.05) is 11.4 Å². The van der Waals surface area contributed by atoms with Gasteiger partial charge in [-0.15, -0.1) is 0 Å². The summed E-state index contributed by atoms with van der Waals surface area (Å²) in [6, 6.07) is 26.1. The van der Waals surface area contributed by atoms with Gasteiger partial charge in [-0.1, -0.05) is 56.3 Å². The van der Waals surface area contributed by atoms with Crippen molar-refractivity contribution in [2.24, 2.45) is 0 Å². The van der Waals surface area contributed by atoms with Crippen LogP contribution in [0.15, 0.2) is 72.8 Å². The minimum absolute atomic E-state index is 0.218. The Kier molecular flexibility index (Phi) is 4.20. The summed E-state index contributed by atoms with van der Waals surface area (Å²) in [5.74, 6) is 0.522. The highest BCUT2D eigenvalue weighted by atomic mass is 15.4. The van der Waals surface area contributed by atoms with E-state index in [9.17, 15) is 0 Å². The first-order chi connectivity index (χ1) is 12.6. The maximum absolute atomic E-state index is 2.48. The summed E-state index contributed by atoms with van der Waals surface area (Å²) < 4.78 is 0. The fraction of sp³-hybridized carbons (Fsp3) is 0.250. The van der Waals surface area contributed by atoms with Crippen LogP contribution in [0.25, 0.3) is 0 Å². The van der Waals surface area contributed by atoms with Crippen LogP contribution in [-0.4, -0.2) is 6.17 Å². The largest absolute Gasteiger partial charge is 0.319 e. The molecule has 0 aromatic heterocycles. The van der Waals surface area contributed by atoms with Gasteiger partial charge in [-0.05, 0) is 61.2 Å². The Bertz CT molecular complexity index is 915. The molecule has 0 aliphatic carbocycles. The zero-order chi connectivity index (χ0) is 18.3. The van der Waals surface area contributed by atoms with E-state index in [1.54, 1.807) is 0 Å². The van der Waals surface area contributed by atoms with Gasteiger partial charge in [0.1, 0.15) is 6.17 Å². The number of nitrogens with zero attached hydrogens (tertiary/aromatic N) is 2. The maximum atomic E-state index is 2.48. The molecule has 0 N–H and O–H groups in total. The highest BCUT2D eigenvalue weighted by molar-refractivity contribution is 5.88. The van der Waals surface area contributed by atoms with Crippen LogP contribution in [0.4, 0.5) is 22.7 Å². The molecule has 132 valence electrons. The van der Waals surface area contributed by atoms with Crippen molar-refractivity contribution in [3.63, 3.8) is 0 Å². The smallest absolute Gasteiger partial charge is 0.108 e. The second kappa shape index (κ2) is 6.53. The first-order valence-electron chi connectivity index (χ1n) is 9.41. The Morgan fingerprint density at radius 2 is 1.27 bits per heavy atom.